The molecule has 1 radical (unpaired) electrons. The fraction of sp³-hybridized carbons (Fsp3) is 0.906. The van der Waals surface area contributed by atoms with Gasteiger partial charge in [0, 0.05) is 80.6 Å². The minimum atomic E-state index is -1.90. The molecular formula is C53H92AcO9. The molecule has 9 nitrogen and oxygen atoms in total. The van der Waals surface area contributed by atoms with Crippen molar-refractivity contribution in [3.05, 3.63) is 11.1 Å². The first-order valence-corrected chi connectivity index (χ1v) is 25.9. The van der Waals surface area contributed by atoms with Crippen LogP contribution in [0.1, 0.15) is 241 Å². The Morgan fingerprint density at radius 2 is 1.11 bits per heavy atom. The molecule has 1 saturated heterocycles. The normalized spacial score (nSPS) is 30.9. The van der Waals surface area contributed by atoms with Crippen molar-refractivity contribution >= 4 is 17.7 Å². The smallest absolute Gasteiger partial charge is 0.306 e. The third-order valence-corrected chi connectivity index (χ3v) is 16.4. The van der Waals surface area contributed by atoms with Gasteiger partial charge < -0.3 is 29.5 Å². The van der Waals surface area contributed by atoms with Crippen LogP contribution in [0.3, 0.4) is 0 Å². The molecule has 0 unspecified atom stereocenters. The van der Waals surface area contributed by atoms with Gasteiger partial charge in [-0.1, -0.05) is 202 Å². The van der Waals surface area contributed by atoms with Gasteiger partial charge in [-0.25, -0.2) is 0 Å². The van der Waals surface area contributed by atoms with Gasteiger partial charge in [0.15, 0.2) is 11.9 Å². The van der Waals surface area contributed by atoms with Crippen LogP contribution in [0.25, 0.3) is 0 Å². The molecule has 10 heteroatoms. The second-order valence-corrected chi connectivity index (χ2v) is 21.3. The van der Waals surface area contributed by atoms with Gasteiger partial charge in [-0.2, -0.15) is 0 Å². The predicted molar refractivity (Wildman–Crippen MR) is 248 cm³/mol. The van der Waals surface area contributed by atoms with Crippen LogP contribution >= 0.6 is 0 Å². The first kappa shape index (κ1) is 57.0. The Hall–Kier alpha value is -0.368. The molecule has 0 spiro atoms. The van der Waals surface area contributed by atoms with Crippen LogP contribution in [0.2, 0.25) is 0 Å². The van der Waals surface area contributed by atoms with E-state index in [9.17, 15) is 24.9 Å². The van der Waals surface area contributed by atoms with Crippen LogP contribution in [-0.4, -0.2) is 75.3 Å². The van der Waals surface area contributed by atoms with Crippen molar-refractivity contribution in [2.24, 2.45) is 22.7 Å². The zero-order valence-corrected chi connectivity index (χ0v) is 46.0. The van der Waals surface area contributed by atoms with E-state index in [0.717, 1.165) is 19.3 Å². The summed E-state index contributed by atoms with van der Waals surface area (Å²) in [5, 5.41) is 36.4. The van der Waals surface area contributed by atoms with Crippen molar-refractivity contribution in [2.45, 2.75) is 277 Å². The molecule has 2 saturated carbocycles. The van der Waals surface area contributed by atoms with Crippen LogP contribution in [0, 0.1) is 66.7 Å². The van der Waals surface area contributed by atoms with Crippen LogP contribution in [0.5, 0.6) is 0 Å². The van der Waals surface area contributed by atoms with E-state index < -0.39 is 70.1 Å². The molecule has 4 rings (SSSR count). The Bertz CT molecular complexity index is 1430. The molecule has 3 fully saturated rings. The molecule has 4 aliphatic rings. The van der Waals surface area contributed by atoms with Crippen LogP contribution in [0.15, 0.2) is 11.1 Å². The van der Waals surface area contributed by atoms with Crippen molar-refractivity contribution in [1.82, 2.24) is 0 Å². The first-order chi connectivity index (χ1) is 29.6. The zero-order chi connectivity index (χ0) is 45.4. The van der Waals surface area contributed by atoms with Gasteiger partial charge in [0.2, 0.25) is 0 Å². The molecule has 0 aromatic rings. The number of hydrogen-bond acceptors (Lipinski definition) is 9. The minimum Gasteiger partial charge on any atom is -0.459 e. The quantitative estimate of drug-likeness (QED) is 0.0364. The monoisotopic (exact) mass is 1100 g/mol. The molecule has 0 amide bonds. The average Bonchev–Trinajstić information content (AvgIpc) is 3.22. The number of unbranched alkanes of at least 4 members (excludes halogenated alkanes) is 26. The number of rotatable bonds is 30. The number of carbonyl (C=O) groups is 3. The number of Topliss-reactive ketones (excluding diaryl/α,β-unsaturated/α-hetero) is 1. The Kier molecular flexibility index (Phi) is 24.9. The van der Waals surface area contributed by atoms with Crippen molar-refractivity contribution in [3.8, 4) is 0 Å². The summed E-state index contributed by atoms with van der Waals surface area (Å²) in [7, 11) is 0. The van der Waals surface area contributed by atoms with Crippen molar-refractivity contribution < 1.29 is 88.0 Å². The van der Waals surface area contributed by atoms with Gasteiger partial charge >= 0.3 is 11.9 Å². The second kappa shape index (κ2) is 27.6. The Morgan fingerprint density at radius 1 is 0.698 bits per heavy atom. The van der Waals surface area contributed by atoms with Crippen molar-refractivity contribution in [1.29, 1.82) is 0 Å². The SMILES string of the molecule is CCCCCCCCCCCCCCCCCCCCCCCCCCCCCC(=O)O[C@H]1C(=O)[C@@]2(C)[C@H]([C@H](OC(C)=O)[C@]3(O)C[C@H](O)C(C)=C1C3(C)C)[C@]1(O)CO[C@@H]1C[C@@H]2C.[Ac]. The van der Waals surface area contributed by atoms with Gasteiger partial charge in [-0.3, -0.25) is 14.4 Å². The number of ketones is 1. The summed E-state index contributed by atoms with van der Waals surface area (Å²) in [4.78, 5) is 41.4. The fourth-order valence-corrected chi connectivity index (χ4v) is 12.0. The fourth-order valence-electron chi connectivity index (χ4n) is 12.0. The van der Waals surface area contributed by atoms with E-state index in [0.29, 0.717) is 24.0 Å². The van der Waals surface area contributed by atoms with Gasteiger partial charge in [0.1, 0.15) is 17.3 Å². The molecule has 9 atom stereocenters. The summed E-state index contributed by atoms with van der Waals surface area (Å²) in [5.74, 6) is -3.00. The van der Waals surface area contributed by atoms with Crippen LogP contribution in [-0.2, 0) is 28.6 Å². The van der Waals surface area contributed by atoms with E-state index in [1.807, 2.05) is 6.92 Å². The predicted octanol–water partition coefficient (Wildman–Crippen LogP) is 12.0. The third kappa shape index (κ3) is 14.6. The summed E-state index contributed by atoms with van der Waals surface area (Å²) in [6.45, 7) is 12.3. The van der Waals surface area contributed by atoms with E-state index in [1.165, 1.54) is 155 Å². The molecule has 361 valence electrons. The molecule has 1 heterocycles. The van der Waals surface area contributed by atoms with Gasteiger partial charge in [-0.05, 0) is 36.8 Å². The van der Waals surface area contributed by atoms with Gasteiger partial charge in [-0.15, -0.1) is 0 Å². The average molecular weight is 1100 g/mol. The summed E-state index contributed by atoms with van der Waals surface area (Å²) < 4.78 is 17.9. The third-order valence-electron chi connectivity index (χ3n) is 16.4. The molecule has 63 heavy (non-hydrogen) atoms. The number of aliphatic hydroxyl groups is 3. The summed E-state index contributed by atoms with van der Waals surface area (Å²) >= 11 is 0. The molecule has 0 aromatic carbocycles. The summed E-state index contributed by atoms with van der Waals surface area (Å²) in [5.41, 5.74) is -5.29. The Morgan fingerprint density at radius 3 is 1.49 bits per heavy atom. The summed E-state index contributed by atoms with van der Waals surface area (Å²) in [6.07, 6.45) is 31.5. The largest absolute Gasteiger partial charge is 0.459 e. The minimum absolute atomic E-state index is 0. The number of ether oxygens (including phenoxy) is 3. The standard InChI is InChI=1S/C53H92O9.Ac/c1-8-9-10-11-12-13-14-15-16-17-18-19-20-21-22-23-24-25-26-27-28-29-30-31-32-33-34-35-44(56)62-46-45-40(3)42(55)37-53(59,50(45,5)6)49(61-41(4)54)47-51(7,48(46)57)39(2)36-43-52(47,58)38-60-43;/h39,42-43,46-47,49,55,58-59H,8-38H2,1-7H3;/t39-,42-,43+,46+,47-,49-,51+,52-,53+;/m0./s1. The van der Waals surface area contributed by atoms with Crippen LogP contribution in [0.4, 0.5) is 0 Å². The second-order valence-electron chi connectivity index (χ2n) is 21.3. The molecular weight excluding hydrogens is 1010 g/mol. The summed E-state index contributed by atoms with van der Waals surface area (Å²) in [6, 6.07) is 0. The Balaban J connectivity index is 0.0000106. The van der Waals surface area contributed by atoms with Crippen LogP contribution < -0.4 is 0 Å². The van der Waals surface area contributed by atoms with E-state index in [4.69, 9.17) is 14.2 Å². The number of fused-ring (bicyclic) bond motifs is 5. The van der Waals surface area contributed by atoms with E-state index in [-0.39, 0.29) is 69.4 Å². The molecule has 1 aliphatic heterocycles. The number of hydrogen-bond donors (Lipinski definition) is 3. The van der Waals surface area contributed by atoms with Gasteiger partial charge in [0.05, 0.1) is 18.8 Å². The zero-order valence-electron chi connectivity index (χ0n) is 41.3. The molecule has 3 aliphatic carbocycles. The number of aliphatic hydroxyl groups excluding tert-OH is 1. The van der Waals surface area contributed by atoms with E-state index >= 15 is 4.79 Å². The van der Waals surface area contributed by atoms with Crippen molar-refractivity contribution in [3.63, 3.8) is 0 Å². The number of carbonyl (C=O) groups excluding carboxylic acids is 3. The maximum Gasteiger partial charge on any atom is 0.306 e. The van der Waals surface area contributed by atoms with E-state index in [2.05, 4.69) is 6.92 Å². The molecule has 2 bridgehead atoms. The maximum absolute atomic E-state index is 15.1. The van der Waals surface area contributed by atoms with Gasteiger partial charge in [0.25, 0.3) is 0 Å². The molecule has 3 N–H and O–H groups in total. The Labute approximate surface area is 419 Å². The first-order valence-electron chi connectivity index (χ1n) is 25.9. The molecule has 0 aromatic heterocycles. The number of esters is 2. The maximum atomic E-state index is 15.1. The topological polar surface area (TPSA) is 140 Å². The van der Waals surface area contributed by atoms with Crippen molar-refractivity contribution in [2.75, 3.05) is 6.61 Å². The van der Waals surface area contributed by atoms with E-state index in [1.54, 1.807) is 27.7 Å².